The Labute approximate surface area is 135 Å². The lowest BCUT2D eigenvalue weighted by Gasteiger charge is -2.16. The Bertz CT molecular complexity index is 840. The first-order valence-electron chi connectivity index (χ1n) is 7.51. The Balaban J connectivity index is 1.75. The third-order valence-corrected chi connectivity index (χ3v) is 3.58. The van der Waals surface area contributed by atoms with Gasteiger partial charge in [0, 0.05) is 11.6 Å². The lowest BCUT2D eigenvalue weighted by atomic mass is 10.2. The molecule has 0 radical (unpaired) electrons. The number of amides is 1. The maximum absolute atomic E-state index is 12.4. The summed E-state index contributed by atoms with van der Waals surface area (Å²) in [4.78, 5) is 16.7. The molecule has 1 heterocycles. The minimum atomic E-state index is -0.594. The molecule has 1 amide bonds. The minimum Gasteiger partial charge on any atom is -0.481 e. The van der Waals surface area contributed by atoms with Crippen LogP contribution in [0.3, 0.4) is 0 Å². The maximum atomic E-state index is 12.4. The molecule has 0 saturated carbocycles. The van der Waals surface area contributed by atoms with E-state index in [0.717, 1.165) is 22.2 Å². The molecule has 0 unspecified atom stereocenters. The third-order valence-electron chi connectivity index (χ3n) is 3.58. The van der Waals surface area contributed by atoms with Crippen molar-refractivity contribution in [2.24, 2.45) is 0 Å². The van der Waals surface area contributed by atoms with Crippen molar-refractivity contribution in [3.63, 3.8) is 0 Å². The summed E-state index contributed by atoms with van der Waals surface area (Å²) in [7, 11) is 0. The second-order valence-electron chi connectivity index (χ2n) is 5.44. The number of rotatable bonds is 4. The van der Waals surface area contributed by atoms with Gasteiger partial charge in [0.1, 0.15) is 5.75 Å². The first-order chi connectivity index (χ1) is 11.1. The quantitative estimate of drug-likeness (QED) is 0.794. The Morgan fingerprint density at radius 1 is 1.13 bits per heavy atom. The molecule has 1 atom stereocenters. The summed E-state index contributed by atoms with van der Waals surface area (Å²) in [6.45, 7) is 3.72. The average Bonchev–Trinajstić information content (AvgIpc) is 2.55. The second-order valence-corrected chi connectivity index (χ2v) is 5.44. The van der Waals surface area contributed by atoms with Crippen LogP contribution in [0.15, 0.2) is 60.8 Å². The number of pyridine rings is 1. The zero-order chi connectivity index (χ0) is 16.2. The highest BCUT2D eigenvalue weighted by Crippen LogP contribution is 2.22. The van der Waals surface area contributed by atoms with Gasteiger partial charge in [0.2, 0.25) is 0 Å². The van der Waals surface area contributed by atoms with E-state index in [1.807, 2.05) is 61.5 Å². The normalized spacial score (nSPS) is 11.9. The summed E-state index contributed by atoms with van der Waals surface area (Å²) in [6.07, 6.45) is 1.14. The number of hydrogen-bond donors (Lipinski definition) is 1. The van der Waals surface area contributed by atoms with Gasteiger partial charge in [-0.2, -0.15) is 0 Å². The molecule has 0 saturated heterocycles. The topological polar surface area (TPSA) is 51.2 Å². The van der Waals surface area contributed by atoms with E-state index in [1.54, 1.807) is 13.1 Å². The Kier molecular flexibility index (Phi) is 4.24. The molecule has 23 heavy (non-hydrogen) atoms. The van der Waals surface area contributed by atoms with Crippen molar-refractivity contribution >= 4 is 22.5 Å². The van der Waals surface area contributed by atoms with E-state index in [9.17, 15) is 4.79 Å². The number of carbonyl (C=O) groups excluding carboxylic acids is 1. The molecule has 0 bridgehead atoms. The van der Waals surface area contributed by atoms with Crippen molar-refractivity contribution in [2.75, 3.05) is 5.32 Å². The van der Waals surface area contributed by atoms with Gasteiger partial charge in [-0.15, -0.1) is 0 Å². The summed E-state index contributed by atoms with van der Waals surface area (Å²) >= 11 is 0. The van der Waals surface area contributed by atoms with Gasteiger partial charge in [-0.3, -0.25) is 9.78 Å². The summed E-state index contributed by atoms with van der Waals surface area (Å²) in [5, 5.41) is 3.82. The number of carbonyl (C=O) groups is 1. The number of anilines is 1. The highest BCUT2D eigenvalue weighted by Gasteiger charge is 2.16. The fourth-order valence-electron chi connectivity index (χ4n) is 2.39. The summed E-state index contributed by atoms with van der Waals surface area (Å²) < 4.78 is 5.71. The number of fused-ring (bicyclic) bond motifs is 1. The lowest BCUT2D eigenvalue weighted by molar-refractivity contribution is -0.122. The second kappa shape index (κ2) is 6.48. The van der Waals surface area contributed by atoms with Crippen LogP contribution in [0.4, 0.5) is 5.69 Å². The first kappa shape index (κ1) is 15.0. The third kappa shape index (κ3) is 3.48. The number of aromatic nitrogens is 1. The summed E-state index contributed by atoms with van der Waals surface area (Å²) in [5.41, 5.74) is 2.67. The number of aryl methyl sites for hydroxylation is 1. The smallest absolute Gasteiger partial charge is 0.265 e. The van der Waals surface area contributed by atoms with Gasteiger partial charge in [0.05, 0.1) is 11.2 Å². The van der Waals surface area contributed by atoms with Gasteiger partial charge in [-0.1, -0.05) is 18.2 Å². The number of hydrogen-bond acceptors (Lipinski definition) is 3. The Hall–Kier alpha value is -2.88. The molecular formula is C19H18N2O2. The average molecular weight is 306 g/mol. The van der Waals surface area contributed by atoms with Crippen LogP contribution in [-0.4, -0.2) is 17.0 Å². The van der Waals surface area contributed by atoms with Crippen LogP contribution < -0.4 is 10.1 Å². The van der Waals surface area contributed by atoms with E-state index in [1.165, 1.54) is 0 Å². The van der Waals surface area contributed by atoms with Gasteiger partial charge in [-0.05, 0) is 55.8 Å². The van der Waals surface area contributed by atoms with Crippen LogP contribution in [0.1, 0.15) is 12.5 Å². The molecule has 0 aliphatic heterocycles. The maximum Gasteiger partial charge on any atom is 0.265 e. The van der Waals surface area contributed by atoms with Crippen molar-refractivity contribution in [3.8, 4) is 5.75 Å². The minimum absolute atomic E-state index is 0.192. The van der Waals surface area contributed by atoms with Crippen molar-refractivity contribution in [3.05, 3.63) is 66.4 Å². The molecule has 1 N–H and O–H groups in total. The number of nitrogens with one attached hydrogen (secondary N) is 1. The zero-order valence-corrected chi connectivity index (χ0v) is 13.1. The van der Waals surface area contributed by atoms with E-state index in [4.69, 9.17) is 4.74 Å². The molecule has 0 spiro atoms. The largest absolute Gasteiger partial charge is 0.481 e. The van der Waals surface area contributed by atoms with E-state index in [-0.39, 0.29) is 5.91 Å². The van der Waals surface area contributed by atoms with Gasteiger partial charge in [-0.25, -0.2) is 0 Å². The predicted octanol–water partition coefficient (Wildman–Crippen LogP) is 3.95. The van der Waals surface area contributed by atoms with E-state index in [2.05, 4.69) is 10.3 Å². The van der Waals surface area contributed by atoms with Gasteiger partial charge in [0.25, 0.3) is 5.91 Å². The summed E-state index contributed by atoms with van der Waals surface area (Å²) in [5.74, 6) is 0.495. The summed E-state index contributed by atoms with van der Waals surface area (Å²) in [6, 6.07) is 17.1. The molecule has 116 valence electrons. The SMILES string of the molecule is Cc1cccc(O[C@@H](C)C(=O)Nc2cccc3ncccc23)c1. The lowest BCUT2D eigenvalue weighted by Crippen LogP contribution is -2.30. The molecule has 0 aliphatic rings. The van der Waals surface area contributed by atoms with Crippen LogP contribution in [0.5, 0.6) is 5.75 Å². The van der Waals surface area contributed by atoms with Gasteiger partial charge >= 0.3 is 0 Å². The van der Waals surface area contributed by atoms with Gasteiger partial charge < -0.3 is 10.1 Å². The first-order valence-corrected chi connectivity index (χ1v) is 7.51. The monoisotopic (exact) mass is 306 g/mol. The van der Waals surface area contributed by atoms with Crippen LogP contribution in [0.2, 0.25) is 0 Å². The van der Waals surface area contributed by atoms with Crippen LogP contribution in [-0.2, 0) is 4.79 Å². The highest BCUT2D eigenvalue weighted by molar-refractivity contribution is 6.02. The Morgan fingerprint density at radius 2 is 1.96 bits per heavy atom. The number of nitrogens with zero attached hydrogens (tertiary/aromatic N) is 1. The van der Waals surface area contributed by atoms with Crippen molar-refractivity contribution < 1.29 is 9.53 Å². The molecule has 2 aromatic carbocycles. The standard InChI is InChI=1S/C19H18N2O2/c1-13-6-3-7-15(12-13)23-14(2)19(22)21-18-10-4-9-17-16(18)8-5-11-20-17/h3-12,14H,1-2H3,(H,21,22)/t14-/m0/s1. The number of ether oxygens (including phenoxy) is 1. The van der Waals surface area contributed by atoms with Crippen molar-refractivity contribution in [2.45, 2.75) is 20.0 Å². The molecular weight excluding hydrogens is 288 g/mol. The van der Waals surface area contributed by atoms with Crippen LogP contribution >= 0.6 is 0 Å². The molecule has 3 aromatic rings. The van der Waals surface area contributed by atoms with Crippen LogP contribution in [0.25, 0.3) is 10.9 Å². The van der Waals surface area contributed by atoms with E-state index < -0.39 is 6.10 Å². The molecule has 0 aliphatic carbocycles. The fourth-order valence-corrected chi connectivity index (χ4v) is 2.39. The number of benzene rings is 2. The molecule has 1 aromatic heterocycles. The van der Waals surface area contributed by atoms with Crippen molar-refractivity contribution in [1.29, 1.82) is 0 Å². The van der Waals surface area contributed by atoms with E-state index in [0.29, 0.717) is 5.75 Å². The zero-order valence-electron chi connectivity index (χ0n) is 13.1. The van der Waals surface area contributed by atoms with Crippen LogP contribution in [0, 0.1) is 6.92 Å². The molecule has 4 nitrogen and oxygen atoms in total. The predicted molar refractivity (Wildman–Crippen MR) is 91.6 cm³/mol. The van der Waals surface area contributed by atoms with Crippen molar-refractivity contribution in [1.82, 2.24) is 4.98 Å². The molecule has 0 fully saturated rings. The fraction of sp³-hybridized carbons (Fsp3) is 0.158. The van der Waals surface area contributed by atoms with E-state index >= 15 is 0 Å². The highest BCUT2D eigenvalue weighted by atomic mass is 16.5. The molecule has 3 rings (SSSR count). The Morgan fingerprint density at radius 3 is 2.78 bits per heavy atom. The molecule has 4 heteroatoms. The van der Waals surface area contributed by atoms with Gasteiger partial charge in [0.15, 0.2) is 6.10 Å².